The lowest BCUT2D eigenvalue weighted by atomic mass is 10.0. The van der Waals surface area contributed by atoms with E-state index in [9.17, 15) is 0 Å². The second-order valence-corrected chi connectivity index (χ2v) is 3.94. The lowest BCUT2D eigenvalue weighted by Gasteiger charge is -2.21. The number of hydrogen-bond donors (Lipinski definition) is 1. The van der Waals surface area contributed by atoms with Crippen LogP contribution in [0.2, 0.25) is 0 Å². The predicted molar refractivity (Wildman–Crippen MR) is 44.4 cm³/mol. The van der Waals surface area contributed by atoms with E-state index in [1.165, 1.54) is 38.5 Å². The van der Waals surface area contributed by atoms with E-state index in [0.29, 0.717) is 6.10 Å². The summed E-state index contributed by atoms with van der Waals surface area (Å²) in [4.78, 5) is 0. The van der Waals surface area contributed by atoms with Crippen molar-refractivity contribution in [2.75, 3.05) is 6.61 Å². The van der Waals surface area contributed by atoms with Crippen LogP contribution >= 0.6 is 0 Å². The molecule has 0 amide bonds. The Morgan fingerprint density at radius 1 is 1.18 bits per heavy atom. The van der Waals surface area contributed by atoms with Crippen LogP contribution in [0.15, 0.2) is 0 Å². The average molecular weight is 155 g/mol. The molecule has 2 N–H and O–H groups in total. The van der Waals surface area contributed by atoms with Gasteiger partial charge in [-0.3, -0.25) is 0 Å². The van der Waals surface area contributed by atoms with Crippen molar-refractivity contribution in [3.63, 3.8) is 0 Å². The van der Waals surface area contributed by atoms with Crippen LogP contribution in [0.4, 0.5) is 0 Å². The Bertz CT molecular complexity index is 134. The molecule has 2 aliphatic rings. The van der Waals surface area contributed by atoms with Crippen LogP contribution in [-0.4, -0.2) is 18.2 Å². The summed E-state index contributed by atoms with van der Waals surface area (Å²) < 4.78 is 5.70. The summed E-state index contributed by atoms with van der Waals surface area (Å²) >= 11 is 0. The monoisotopic (exact) mass is 155 g/mol. The minimum Gasteiger partial charge on any atom is -0.376 e. The first-order valence-electron chi connectivity index (χ1n) is 4.72. The second-order valence-electron chi connectivity index (χ2n) is 3.94. The van der Waals surface area contributed by atoms with Gasteiger partial charge in [0.2, 0.25) is 0 Å². The molecule has 1 heterocycles. The third kappa shape index (κ3) is 1.57. The number of rotatable bonds is 1. The average Bonchev–Trinajstić information content (AvgIpc) is 2.73. The molecule has 2 rings (SSSR count). The molecule has 2 fully saturated rings. The van der Waals surface area contributed by atoms with Crippen LogP contribution in [0.1, 0.15) is 38.5 Å². The van der Waals surface area contributed by atoms with Gasteiger partial charge in [0, 0.05) is 12.1 Å². The molecule has 0 radical (unpaired) electrons. The fraction of sp³-hybridized carbons (Fsp3) is 1.00. The molecule has 2 heteroatoms. The zero-order valence-electron chi connectivity index (χ0n) is 7.01. The van der Waals surface area contributed by atoms with Gasteiger partial charge in [0.05, 0.1) is 6.10 Å². The van der Waals surface area contributed by atoms with Crippen molar-refractivity contribution in [3.8, 4) is 0 Å². The maximum atomic E-state index is 6.07. The van der Waals surface area contributed by atoms with E-state index in [-0.39, 0.29) is 5.54 Å². The summed E-state index contributed by atoms with van der Waals surface area (Å²) in [5, 5.41) is 0. The van der Waals surface area contributed by atoms with Gasteiger partial charge in [0.1, 0.15) is 0 Å². The van der Waals surface area contributed by atoms with Crippen molar-refractivity contribution in [2.24, 2.45) is 5.73 Å². The fourth-order valence-electron chi connectivity index (χ4n) is 1.84. The molecule has 0 aromatic rings. The summed E-state index contributed by atoms with van der Waals surface area (Å²) in [6.45, 7) is 0.934. The normalized spacial score (nSPS) is 36.3. The molecule has 1 aliphatic heterocycles. The Balaban J connectivity index is 1.90. The first-order valence-corrected chi connectivity index (χ1v) is 4.72. The van der Waals surface area contributed by atoms with E-state index in [2.05, 4.69) is 0 Å². The Labute approximate surface area is 68.1 Å². The smallest absolute Gasteiger partial charge is 0.0754 e. The van der Waals surface area contributed by atoms with Crippen LogP contribution in [-0.2, 0) is 4.74 Å². The molecule has 0 spiro atoms. The fourth-order valence-corrected chi connectivity index (χ4v) is 1.84. The molecular formula is C9H17NO. The lowest BCUT2D eigenvalue weighted by molar-refractivity contribution is 0.0335. The van der Waals surface area contributed by atoms with E-state index in [1.807, 2.05) is 0 Å². The molecule has 64 valence electrons. The predicted octanol–water partition coefficient (Wildman–Crippen LogP) is 1.44. The van der Waals surface area contributed by atoms with E-state index < -0.39 is 0 Å². The van der Waals surface area contributed by atoms with Crippen molar-refractivity contribution in [1.82, 2.24) is 0 Å². The molecule has 1 saturated heterocycles. The van der Waals surface area contributed by atoms with Crippen molar-refractivity contribution < 1.29 is 4.74 Å². The molecule has 1 unspecified atom stereocenters. The lowest BCUT2D eigenvalue weighted by Crippen LogP contribution is -2.38. The minimum atomic E-state index is 0.0876. The van der Waals surface area contributed by atoms with Crippen LogP contribution in [0, 0.1) is 0 Å². The van der Waals surface area contributed by atoms with Gasteiger partial charge in [-0.25, -0.2) is 0 Å². The maximum absolute atomic E-state index is 6.07. The van der Waals surface area contributed by atoms with Crippen LogP contribution < -0.4 is 5.73 Å². The SMILES string of the molecule is NC1(C2CCCCCO2)CC1. The van der Waals surface area contributed by atoms with Gasteiger partial charge < -0.3 is 10.5 Å². The molecule has 1 aliphatic carbocycles. The Morgan fingerprint density at radius 2 is 2.00 bits per heavy atom. The standard InChI is InChI=1S/C9H17NO/c10-9(5-6-9)8-4-2-1-3-7-11-8/h8H,1-7,10H2. The maximum Gasteiger partial charge on any atom is 0.0754 e. The van der Waals surface area contributed by atoms with Crippen molar-refractivity contribution in [3.05, 3.63) is 0 Å². The summed E-state index contributed by atoms with van der Waals surface area (Å²) in [5.41, 5.74) is 6.15. The highest BCUT2D eigenvalue weighted by Gasteiger charge is 2.46. The first kappa shape index (κ1) is 7.56. The van der Waals surface area contributed by atoms with Crippen molar-refractivity contribution in [2.45, 2.75) is 50.2 Å². The molecule has 1 atom stereocenters. The number of nitrogens with two attached hydrogens (primary N) is 1. The summed E-state index contributed by atoms with van der Waals surface area (Å²) in [7, 11) is 0. The number of ether oxygens (including phenoxy) is 1. The Hall–Kier alpha value is -0.0800. The van der Waals surface area contributed by atoms with Gasteiger partial charge in [-0.05, 0) is 25.7 Å². The Kier molecular flexibility index (Phi) is 1.90. The molecule has 11 heavy (non-hydrogen) atoms. The number of hydrogen-bond acceptors (Lipinski definition) is 2. The second kappa shape index (κ2) is 2.76. The largest absolute Gasteiger partial charge is 0.376 e. The highest BCUT2D eigenvalue weighted by molar-refractivity contribution is 5.05. The molecule has 0 aromatic heterocycles. The third-order valence-electron chi connectivity index (χ3n) is 2.90. The third-order valence-corrected chi connectivity index (χ3v) is 2.90. The zero-order valence-corrected chi connectivity index (χ0v) is 7.01. The summed E-state index contributed by atoms with van der Waals surface area (Å²) in [6.07, 6.45) is 7.79. The van der Waals surface area contributed by atoms with Crippen LogP contribution in [0.5, 0.6) is 0 Å². The molecular weight excluding hydrogens is 138 g/mol. The van der Waals surface area contributed by atoms with E-state index in [4.69, 9.17) is 10.5 Å². The van der Waals surface area contributed by atoms with Gasteiger partial charge in [0.25, 0.3) is 0 Å². The first-order chi connectivity index (χ1) is 5.31. The molecule has 1 saturated carbocycles. The minimum absolute atomic E-state index is 0.0876. The summed E-state index contributed by atoms with van der Waals surface area (Å²) in [5.74, 6) is 0. The molecule has 0 aromatic carbocycles. The molecule has 2 nitrogen and oxygen atoms in total. The molecule has 0 bridgehead atoms. The quantitative estimate of drug-likeness (QED) is 0.622. The van der Waals surface area contributed by atoms with Gasteiger partial charge in [0.15, 0.2) is 0 Å². The topological polar surface area (TPSA) is 35.2 Å². The zero-order chi connectivity index (χ0) is 7.73. The van der Waals surface area contributed by atoms with E-state index in [1.54, 1.807) is 0 Å². The van der Waals surface area contributed by atoms with E-state index >= 15 is 0 Å². The van der Waals surface area contributed by atoms with Gasteiger partial charge >= 0.3 is 0 Å². The van der Waals surface area contributed by atoms with E-state index in [0.717, 1.165) is 6.61 Å². The Morgan fingerprint density at radius 3 is 2.73 bits per heavy atom. The van der Waals surface area contributed by atoms with Gasteiger partial charge in [-0.1, -0.05) is 12.8 Å². The highest BCUT2D eigenvalue weighted by Crippen LogP contribution is 2.40. The van der Waals surface area contributed by atoms with Gasteiger partial charge in [-0.2, -0.15) is 0 Å². The highest BCUT2D eigenvalue weighted by atomic mass is 16.5. The van der Waals surface area contributed by atoms with Gasteiger partial charge in [-0.15, -0.1) is 0 Å². The van der Waals surface area contributed by atoms with Crippen LogP contribution in [0.25, 0.3) is 0 Å². The van der Waals surface area contributed by atoms with Crippen LogP contribution in [0.3, 0.4) is 0 Å². The van der Waals surface area contributed by atoms with Crippen molar-refractivity contribution >= 4 is 0 Å². The van der Waals surface area contributed by atoms with Crippen molar-refractivity contribution in [1.29, 1.82) is 0 Å². The summed E-state index contributed by atoms with van der Waals surface area (Å²) in [6, 6.07) is 0.